The highest BCUT2D eigenvalue weighted by Gasteiger charge is 2.38. The van der Waals surface area contributed by atoms with Gasteiger partial charge in [-0.2, -0.15) is 0 Å². The van der Waals surface area contributed by atoms with E-state index >= 15 is 0 Å². The maximum Gasteiger partial charge on any atom is 0.330 e. The Morgan fingerprint density at radius 3 is 2.22 bits per heavy atom. The van der Waals surface area contributed by atoms with Crippen LogP contribution in [0.2, 0.25) is 0 Å². The number of benzene rings is 2. The van der Waals surface area contributed by atoms with Crippen LogP contribution >= 0.6 is 0 Å². The zero-order chi connectivity index (χ0) is 27.1. The molecule has 1 aliphatic rings. The van der Waals surface area contributed by atoms with Crippen molar-refractivity contribution in [3.63, 3.8) is 0 Å². The van der Waals surface area contributed by atoms with Gasteiger partial charge in [-0.15, -0.1) is 0 Å². The molecule has 0 spiro atoms. The molecule has 0 bridgehead atoms. The van der Waals surface area contributed by atoms with E-state index in [9.17, 15) is 4.79 Å². The smallest absolute Gasteiger partial charge is 0.330 e. The zero-order valence-corrected chi connectivity index (χ0v) is 23.5. The van der Waals surface area contributed by atoms with Crippen LogP contribution in [0.3, 0.4) is 0 Å². The first-order valence-electron chi connectivity index (χ1n) is 13.6. The molecular formula is C32H44O5. The van der Waals surface area contributed by atoms with E-state index in [0.717, 1.165) is 66.7 Å². The number of ether oxygens (including phenoxy) is 3. The van der Waals surface area contributed by atoms with Gasteiger partial charge in [0.1, 0.15) is 11.5 Å². The molecule has 37 heavy (non-hydrogen) atoms. The number of unbranched alkanes of at least 4 members (excludes halogenated alkanes) is 3. The molecule has 1 aliphatic carbocycles. The minimum absolute atomic E-state index is 0.0527. The van der Waals surface area contributed by atoms with Crippen LogP contribution in [0.15, 0.2) is 36.4 Å². The maximum absolute atomic E-state index is 11.9. The molecule has 3 rings (SSSR count). The molecule has 0 saturated carbocycles. The van der Waals surface area contributed by atoms with Gasteiger partial charge in [0.25, 0.3) is 0 Å². The average Bonchev–Trinajstić information content (AvgIpc) is 2.87. The van der Waals surface area contributed by atoms with E-state index in [2.05, 4.69) is 39.8 Å². The fourth-order valence-electron chi connectivity index (χ4n) is 5.07. The van der Waals surface area contributed by atoms with Gasteiger partial charge >= 0.3 is 5.97 Å². The number of carbonyl (C=O) groups excluding carboxylic acids is 1. The van der Waals surface area contributed by atoms with Crippen LogP contribution in [-0.4, -0.2) is 38.0 Å². The van der Waals surface area contributed by atoms with Crippen molar-refractivity contribution in [1.29, 1.82) is 0 Å². The van der Waals surface area contributed by atoms with Gasteiger partial charge in [0, 0.05) is 23.8 Å². The molecule has 202 valence electrons. The van der Waals surface area contributed by atoms with Gasteiger partial charge in [-0.25, -0.2) is 4.79 Å². The van der Waals surface area contributed by atoms with Gasteiger partial charge in [0.05, 0.1) is 20.3 Å². The Hall–Kier alpha value is -2.79. The van der Waals surface area contributed by atoms with Crippen molar-refractivity contribution in [2.45, 2.75) is 84.0 Å². The van der Waals surface area contributed by atoms with E-state index in [1.165, 1.54) is 17.2 Å². The predicted molar refractivity (Wildman–Crippen MR) is 150 cm³/mol. The molecule has 0 unspecified atom stereocenters. The molecular weight excluding hydrogens is 464 g/mol. The first-order chi connectivity index (χ1) is 17.6. The lowest BCUT2D eigenvalue weighted by atomic mass is 9.62. The molecule has 0 atom stereocenters. The van der Waals surface area contributed by atoms with Crippen LogP contribution in [0.25, 0.3) is 17.2 Å². The summed E-state index contributed by atoms with van der Waals surface area (Å²) in [5.41, 5.74) is 5.64. The van der Waals surface area contributed by atoms with E-state index in [1.807, 2.05) is 18.2 Å². The minimum Gasteiger partial charge on any atom is -0.496 e. The number of esters is 1. The number of aliphatic hydroxyl groups is 1. The van der Waals surface area contributed by atoms with E-state index in [4.69, 9.17) is 19.3 Å². The van der Waals surface area contributed by atoms with Gasteiger partial charge in [0.2, 0.25) is 0 Å². The van der Waals surface area contributed by atoms with Crippen LogP contribution in [0.4, 0.5) is 0 Å². The Kier molecular flexibility index (Phi) is 9.83. The number of aliphatic hydroxyl groups excluding tert-OH is 1. The second-order valence-corrected chi connectivity index (χ2v) is 11.2. The van der Waals surface area contributed by atoms with Crippen LogP contribution in [0.5, 0.6) is 11.5 Å². The lowest BCUT2D eigenvalue weighted by Gasteiger charge is -2.42. The molecule has 1 N–H and O–H groups in total. The molecule has 2 aromatic carbocycles. The molecule has 0 fully saturated rings. The average molecular weight is 509 g/mol. The Balaban J connectivity index is 2.08. The number of methoxy groups -OCH3 is 1. The molecule has 0 heterocycles. The number of hydrogen-bond acceptors (Lipinski definition) is 5. The van der Waals surface area contributed by atoms with E-state index in [1.54, 1.807) is 20.1 Å². The summed E-state index contributed by atoms with van der Waals surface area (Å²) in [7, 11) is 1.68. The topological polar surface area (TPSA) is 65.0 Å². The second kappa shape index (κ2) is 12.6. The normalized spacial score (nSPS) is 15.9. The summed E-state index contributed by atoms with van der Waals surface area (Å²) < 4.78 is 17.3. The molecule has 0 radical (unpaired) electrons. The summed E-state index contributed by atoms with van der Waals surface area (Å²) in [5, 5.41) is 9.06. The fraction of sp³-hybridized carbons (Fsp3) is 0.531. The molecule has 0 amide bonds. The Bertz CT molecular complexity index is 1100. The van der Waals surface area contributed by atoms with Gasteiger partial charge in [-0.05, 0) is 96.9 Å². The summed E-state index contributed by atoms with van der Waals surface area (Å²) in [6, 6.07) is 10.5. The van der Waals surface area contributed by atoms with E-state index < -0.39 is 0 Å². The van der Waals surface area contributed by atoms with Gasteiger partial charge in [-0.3, -0.25) is 0 Å². The summed E-state index contributed by atoms with van der Waals surface area (Å²) in [6.07, 6.45) is 9.27. The van der Waals surface area contributed by atoms with E-state index in [0.29, 0.717) is 13.2 Å². The zero-order valence-electron chi connectivity index (χ0n) is 23.5. The van der Waals surface area contributed by atoms with Crippen molar-refractivity contribution >= 4 is 12.0 Å². The summed E-state index contributed by atoms with van der Waals surface area (Å²) in [6.45, 7) is 12.3. The quantitative estimate of drug-likeness (QED) is 0.186. The predicted octanol–water partition coefficient (Wildman–Crippen LogP) is 7.22. The number of carbonyl (C=O) groups is 1. The van der Waals surface area contributed by atoms with Crippen LogP contribution in [0, 0.1) is 0 Å². The third-order valence-corrected chi connectivity index (χ3v) is 7.48. The Morgan fingerprint density at radius 1 is 0.919 bits per heavy atom. The summed E-state index contributed by atoms with van der Waals surface area (Å²) >= 11 is 0. The van der Waals surface area contributed by atoms with Gasteiger partial charge < -0.3 is 19.3 Å². The van der Waals surface area contributed by atoms with Crippen LogP contribution < -0.4 is 9.47 Å². The fourth-order valence-corrected chi connectivity index (χ4v) is 5.07. The molecule has 0 saturated heterocycles. The second-order valence-electron chi connectivity index (χ2n) is 11.2. The largest absolute Gasteiger partial charge is 0.496 e. The molecule has 0 aromatic heterocycles. The molecule has 5 nitrogen and oxygen atoms in total. The van der Waals surface area contributed by atoms with Gasteiger partial charge in [0.15, 0.2) is 0 Å². The van der Waals surface area contributed by atoms with Crippen molar-refractivity contribution < 1.29 is 24.1 Å². The summed E-state index contributed by atoms with van der Waals surface area (Å²) in [5.74, 6) is 1.26. The van der Waals surface area contributed by atoms with E-state index in [-0.39, 0.29) is 23.4 Å². The number of fused-ring (bicyclic) bond motifs is 1. The monoisotopic (exact) mass is 508 g/mol. The van der Waals surface area contributed by atoms with Crippen molar-refractivity contribution in [3.8, 4) is 22.6 Å². The highest BCUT2D eigenvalue weighted by molar-refractivity contribution is 5.88. The lowest BCUT2D eigenvalue weighted by molar-refractivity contribution is -0.137. The Labute approximate surface area is 222 Å². The highest BCUT2D eigenvalue weighted by Crippen LogP contribution is 2.50. The molecule has 5 heteroatoms. The standard InChI is InChI=1S/C32H44O5/c1-7-36-30(34)15-13-23-12-14-28(35-6)24(20-23)25-21-26-27(32(4,5)17-16-31(26,2)3)22-29(25)37-19-11-9-8-10-18-33/h12-15,20-22,33H,7-11,16-19H2,1-6H3. The molecule has 2 aromatic rings. The highest BCUT2D eigenvalue weighted by atomic mass is 16.5. The third kappa shape index (κ3) is 7.16. The first kappa shape index (κ1) is 28.8. The van der Waals surface area contributed by atoms with Crippen LogP contribution in [0.1, 0.15) is 89.8 Å². The third-order valence-electron chi connectivity index (χ3n) is 7.48. The van der Waals surface area contributed by atoms with Crippen molar-refractivity contribution in [1.82, 2.24) is 0 Å². The number of hydrogen-bond donors (Lipinski definition) is 1. The molecule has 0 aliphatic heterocycles. The van der Waals surface area contributed by atoms with Crippen molar-refractivity contribution in [2.24, 2.45) is 0 Å². The minimum atomic E-state index is -0.358. The van der Waals surface area contributed by atoms with Crippen LogP contribution in [-0.2, 0) is 20.4 Å². The number of rotatable bonds is 12. The van der Waals surface area contributed by atoms with Crippen molar-refractivity contribution in [2.75, 3.05) is 26.9 Å². The van der Waals surface area contributed by atoms with Gasteiger partial charge in [-0.1, -0.05) is 40.2 Å². The maximum atomic E-state index is 11.9. The lowest BCUT2D eigenvalue weighted by Crippen LogP contribution is -2.34. The SMILES string of the molecule is CCOC(=O)C=Cc1ccc(OC)c(-c2cc3c(cc2OCCCCCCO)C(C)(C)CCC3(C)C)c1. The summed E-state index contributed by atoms with van der Waals surface area (Å²) in [4.78, 5) is 11.9. The van der Waals surface area contributed by atoms with Crippen molar-refractivity contribution in [3.05, 3.63) is 53.1 Å². The first-order valence-corrected chi connectivity index (χ1v) is 13.6. The Morgan fingerprint density at radius 2 is 1.57 bits per heavy atom.